The molecular weight excluding hydrogens is 414 g/mol. The van der Waals surface area contributed by atoms with Gasteiger partial charge in [0.05, 0.1) is 10.8 Å². The van der Waals surface area contributed by atoms with Crippen molar-refractivity contribution in [3.8, 4) is 0 Å². The Bertz CT molecular complexity index is 969. The van der Waals surface area contributed by atoms with Crippen molar-refractivity contribution in [1.82, 2.24) is 9.21 Å². The zero-order valence-electron chi connectivity index (χ0n) is 18.7. The number of hydrogen-bond donors (Lipinski definition) is 0. The summed E-state index contributed by atoms with van der Waals surface area (Å²) in [4.78, 5) is 28.9. The lowest BCUT2D eigenvalue weighted by atomic mass is 9.94. The Hall–Kier alpha value is -1.93. The van der Waals surface area contributed by atoms with Crippen LogP contribution in [0.25, 0.3) is 0 Å². The molecule has 3 aliphatic rings. The third-order valence-electron chi connectivity index (χ3n) is 7.07. The SMILES string of the molecule is CC(=O)N1c2ccc(S(=O)(=O)N3CCC[C@@H](C(=O)N4CCC(C)CC4)C3)cc2C[C@@H]1C. The van der Waals surface area contributed by atoms with Gasteiger partial charge in [-0.05, 0) is 68.7 Å². The number of anilines is 1. The fraction of sp³-hybridized carbons (Fsp3) is 0.652. The maximum Gasteiger partial charge on any atom is 0.243 e. The Morgan fingerprint density at radius 2 is 1.74 bits per heavy atom. The molecule has 8 heteroatoms. The van der Waals surface area contributed by atoms with E-state index < -0.39 is 10.0 Å². The molecule has 0 unspecified atom stereocenters. The second kappa shape index (κ2) is 8.54. The monoisotopic (exact) mass is 447 g/mol. The van der Waals surface area contributed by atoms with E-state index in [0.29, 0.717) is 25.3 Å². The van der Waals surface area contributed by atoms with E-state index in [1.54, 1.807) is 23.1 Å². The number of sulfonamides is 1. The number of hydrogen-bond acceptors (Lipinski definition) is 4. The molecule has 4 rings (SSSR count). The number of carbonyl (C=O) groups excluding carboxylic acids is 2. The van der Waals surface area contributed by atoms with E-state index in [1.807, 2.05) is 11.8 Å². The Morgan fingerprint density at radius 1 is 1.03 bits per heavy atom. The number of carbonyl (C=O) groups is 2. The van der Waals surface area contributed by atoms with E-state index >= 15 is 0 Å². The van der Waals surface area contributed by atoms with Crippen LogP contribution in [0.15, 0.2) is 23.1 Å². The predicted molar refractivity (Wildman–Crippen MR) is 119 cm³/mol. The first-order chi connectivity index (χ1) is 14.7. The third kappa shape index (κ3) is 4.24. The predicted octanol–water partition coefficient (Wildman–Crippen LogP) is 2.64. The van der Waals surface area contributed by atoms with Gasteiger partial charge in [-0.3, -0.25) is 9.59 Å². The maximum atomic E-state index is 13.4. The lowest BCUT2D eigenvalue weighted by Crippen LogP contribution is -2.48. The summed E-state index contributed by atoms with van der Waals surface area (Å²) in [5, 5.41) is 0. The lowest BCUT2D eigenvalue weighted by Gasteiger charge is -2.37. The van der Waals surface area contributed by atoms with Crippen LogP contribution in [0.5, 0.6) is 0 Å². The first-order valence-electron chi connectivity index (χ1n) is 11.4. The Labute approximate surface area is 185 Å². The molecule has 3 aliphatic heterocycles. The maximum absolute atomic E-state index is 13.4. The highest BCUT2D eigenvalue weighted by molar-refractivity contribution is 7.89. The number of likely N-dealkylation sites (tertiary alicyclic amines) is 1. The topological polar surface area (TPSA) is 78.0 Å². The molecular formula is C23H33N3O4S. The van der Waals surface area contributed by atoms with Gasteiger partial charge in [-0.25, -0.2) is 8.42 Å². The molecule has 0 spiro atoms. The van der Waals surface area contributed by atoms with Crippen molar-refractivity contribution in [3.05, 3.63) is 23.8 Å². The minimum Gasteiger partial charge on any atom is -0.342 e. The molecule has 0 aliphatic carbocycles. The van der Waals surface area contributed by atoms with E-state index in [2.05, 4.69) is 6.92 Å². The van der Waals surface area contributed by atoms with E-state index in [1.165, 1.54) is 11.2 Å². The van der Waals surface area contributed by atoms with Crippen molar-refractivity contribution in [2.75, 3.05) is 31.1 Å². The molecule has 3 heterocycles. The van der Waals surface area contributed by atoms with Crippen molar-refractivity contribution < 1.29 is 18.0 Å². The quantitative estimate of drug-likeness (QED) is 0.714. The highest BCUT2D eigenvalue weighted by Gasteiger charge is 2.37. The van der Waals surface area contributed by atoms with Gasteiger partial charge in [-0.15, -0.1) is 0 Å². The molecule has 2 amide bonds. The number of rotatable bonds is 3. The van der Waals surface area contributed by atoms with Crippen LogP contribution >= 0.6 is 0 Å². The second-order valence-corrected chi connectivity index (χ2v) is 11.4. The molecule has 0 aromatic heterocycles. The third-order valence-corrected chi connectivity index (χ3v) is 8.93. The van der Waals surface area contributed by atoms with Gasteiger partial charge in [-0.1, -0.05) is 6.92 Å². The number of amides is 2. The first kappa shape index (κ1) is 22.3. The zero-order valence-corrected chi connectivity index (χ0v) is 19.5. The minimum atomic E-state index is -3.69. The van der Waals surface area contributed by atoms with Crippen LogP contribution in [0.3, 0.4) is 0 Å². The van der Waals surface area contributed by atoms with Crippen molar-refractivity contribution >= 4 is 27.5 Å². The zero-order chi connectivity index (χ0) is 22.3. The number of fused-ring (bicyclic) bond motifs is 1. The summed E-state index contributed by atoms with van der Waals surface area (Å²) in [7, 11) is -3.69. The van der Waals surface area contributed by atoms with Gasteiger partial charge in [-0.2, -0.15) is 4.31 Å². The molecule has 0 bridgehead atoms. The smallest absolute Gasteiger partial charge is 0.243 e. The van der Waals surface area contributed by atoms with Gasteiger partial charge in [0.25, 0.3) is 0 Å². The van der Waals surface area contributed by atoms with E-state index in [0.717, 1.165) is 43.6 Å². The number of piperidine rings is 2. The van der Waals surface area contributed by atoms with Gasteiger partial charge in [0.2, 0.25) is 21.8 Å². The van der Waals surface area contributed by atoms with Crippen molar-refractivity contribution in [2.45, 2.75) is 63.8 Å². The normalized spacial score (nSPS) is 25.5. The highest BCUT2D eigenvalue weighted by Crippen LogP contribution is 2.35. The van der Waals surface area contributed by atoms with Gasteiger partial charge in [0.15, 0.2) is 0 Å². The molecule has 0 radical (unpaired) electrons. The van der Waals surface area contributed by atoms with Gasteiger partial charge < -0.3 is 9.80 Å². The fourth-order valence-electron chi connectivity index (χ4n) is 5.25. The Morgan fingerprint density at radius 3 is 2.42 bits per heavy atom. The van der Waals surface area contributed by atoms with Gasteiger partial charge >= 0.3 is 0 Å². The van der Waals surface area contributed by atoms with Gasteiger partial charge in [0, 0.05) is 44.8 Å². The van der Waals surface area contributed by atoms with E-state index in [9.17, 15) is 18.0 Å². The van der Waals surface area contributed by atoms with Crippen molar-refractivity contribution in [3.63, 3.8) is 0 Å². The largest absolute Gasteiger partial charge is 0.342 e. The Balaban J connectivity index is 1.51. The summed E-state index contributed by atoms with van der Waals surface area (Å²) in [5.74, 6) is 0.450. The molecule has 0 saturated carbocycles. The molecule has 0 N–H and O–H groups in total. The molecule has 31 heavy (non-hydrogen) atoms. The molecule has 2 atom stereocenters. The summed E-state index contributed by atoms with van der Waals surface area (Å²) < 4.78 is 28.3. The summed E-state index contributed by atoms with van der Waals surface area (Å²) in [5.41, 5.74) is 1.68. The first-order valence-corrected chi connectivity index (χ1v) is 12.8. The van der Waals surface area contributed by atoms with Gasteiger partial charge in [0.1, 0.15) is 0 Å². The average molecular weight is 448 g/mol. The summed E-state index contributed by atoms with van der Waals surface area (Å²) in [6, 6.07) is 5.07. The molecule has 2 fully saturated rings. The van der Waals surface area contributed by atoms with Crippen LogP contribution in [0, 0.1) is 11.8 Å². The molecule has 170 valence electrons. The lowest BCUT2D eigenvalue weighted by molar-refractivity contribution is -0.138. The average Bonchev–Trinajstić information content (AvgIpc) is 3.09. The fourth-order valence-corrected chi connectivity index (χ4v) is 6.82. The summed E-state index contributed by atoms with van der Waals surface area (Å²) in [6.07, 6.45) is 4.12. The standard InChI is InChI=1S/C23H33N3O4S/c1-16-8-11-24(12-9-16)23(28)19-5-4-10-25(15-19)31(29,30)21-6-7-22-20(14-21)13-17(2)26(22)18(3)27/h6-7,14,16-17,19H,4-5,8-13,15H2,1-3H3/t17-,19+/m0/s1. The molecule has 7 nitrogen and oxygen atoms in total. The number of benzene rings is 1. The molecule has 2 saturated heterocycles. The molecule has 1 aromatic rings. The summed E-state index contributed by atoms with van der Waals surface area (Å²) in [6.45, 7) is 7.96. The summed E-state index contributed by atoms with van der Waals surface area (Å²) >= 11 is 0. The second-order valence-electron chi connectivity index (χ2n) is 9.44. The van der Waals surface area contributed by atoms with Crippen LogP contribution in [0.4, 0.5) is 5.69 Å². The van der Waals surface area contributed by atoms with E-state index in [-0.39, 0.29) is 35.2 Å². The van der Waals surface area contributed by atoms with Crippen LogP contribution in [0.1, 0.15) is 52.0 Å². The van der Waals surface area contributed by atoms with E-state index in [4.69, 9.17) is 0 Å². The Kier molecular flexibility index (Phi) is 6.14. The number of nitrogens with zero attached hydrogens (tertiary/aromatic N) is 3. The minimum absolute atomic E-state index is 0.0229. The highest BCUT2D eigenvalue weighted by atomic mass is 32.2. The van der Waals surface area contributed by atoms with Crippen molar-refractivity contribution in [2.24, 2.45) is 11.8 Å². The molecule has 1 aromatic carbocycles. The van der Waals surface area contributed by atoms with Crippen LogP contribution < -0.4 is 4.90 Å². The van der Waals surface area contributed by atoms with Crippen LogP contribution in [-0.2, 0) is 26.0 Å². The van der Waals surface area contributed by atoms with Crippen molar-refractivity contribution in [1.29, 1.82) is 0 Å². The van der Waals surface area contributed by atoms with Crippen LogP contribution in [0.2, 0.25) is 0 Å². The van der Waals surface area contributed by atoms with Crippen LogP contribution in [-0.4, -0.2) is 61.7 Å².